The quantitative estimate of drug-likeness (QED) is 0.339. The molecule has 0 radical (unpaired) electrons. The van der Waals surface area contributed by atoms with Gasteiger partial charge in [-0.3, -0.25) is 4.79 Å². The summed E-state index contributed by atoms with van der Waals surface area (Å²) in [6, 6.07) is 27.1. The van der Waals surface area contributed by atoms with Crippen LogP contribution in [-0.4, -0.2) is 22.0 Å². The number of benzene rings is 3. The van der Waals surface area contributed by atoms with Crippen molar-refractivity contribution < 1.29 is 19.8 Å². The summed E-state index contributed by atoms with van der Waals surface area (Å²) in [6.45, 7) is 1.30. The zero-order chi connectivity index (χ0) is 20.6. The van der Waals surface area contributed by atoms with Gasteiger partial charge in [0.25, 0.3) is 5.78 Å². The van der Waals surface area contributed by atoms with Crippen LogP contribution in [0, 0.1) is 0 Å². The van der Waals surface area contributed by atoms with Crippen molar-refractivity contribution in [3.63, 3.8) is 0 Å². The second kappa shape index (κ2) is 9.37. The van der Waals surface area contributed by atoms with Gasteiger partial charge in [0.15, 0.2) is 0 Å². The molecule has 2 N–H and O–H groups in total. The van der Waals surface area contributed by atoms with Crippen molar-refractivity contribution in [3.05, 3.63) is 108 Å². The van der Waals surface area contributed by atoms with Crippen molar-refractivity contribution >= 4 is 23.2 Å². The second-order valence-corrected chi connectivity index (χ2v) is 6.58. The molecule has 0 heterocycles. The molecule has 5 nitrogen and oxygen atoms in total. The first-order chi connectivity index (χ1) is 14.0. The maximum Gasteiger partial charge on any atom is 0.376 e. The number of rotatable bonds is 8. The Hall–Kier alpha value is -3.86. The number of carboxylic acid groups (broad SMARTS) is 1. The van der Waals surface area contributed by atoms with Gasteiger partial charge in [-0.05, 0) is 23.3 Å². The van der Waals surface area contributed by atoms with Crippen LogP contribution in [0.4, 0.5) is 5.69 Å². The SMILES string of the molecule is O=C(O)C(=O)C=C(O)c1cccc(N(Cc2ccccc2)Cc2ccccc2)c1. The number of aliphatic hydroxyl groups is 1. The summed E-state index contributed by atoms with van der Waals surface area (Å²) in [6.07, 6.45) is 0.722. The molecule has 0 fully saturated rings. The molecule has 0 saturated heterocycles. The van der Waals surface area contributed by atoms with Gasteiger partial charge in [-0.2, -0.15) is 0 Å². The van der Waals surface area contributed by atoms with Crippen molar-refractivity contribution in [2.75, 3.05) is 4.90 Å². The maximum atomic E-state index is 11.4. The highest BCUT2D eigenvalue weighted by Gasteiger charge is 2.13. The number of anilines is 1. The number of nitrogens with zero attached hydrogens (tertiary/aromatic N) is 1. The van der Waals surface area contributed by atoms with Gasteiger partial charge in [0.2, 0.25) is 0 Å². The number of aliphatic carboxylic acids is 1. The van der Waals surface area contributed by atoms with E-state index in [1.165, 1.54) is 0 Å². The third-order valence-electron chi connectivity index (χ3n) is 4.42. The molecule has 0 atom stereocenters. The van der Waals surface area contributed by atoms with Gasteiger partial charge in [-0.1, -0.05) is 72.8 Å². The molecule has 0 unspecified atom stereocenters. The van der Waals surface area contributed by atoms with Crippen molar-refractivity contribution in [1.29, 1.82) is 0 Å². The molecule has 0 spiro atoms. The molecule has 0 amide bonds. The van der Waals surface area contributed by atoms with E-state index < -0.39 is 11.8 Å². The molecule has 0 aliphatic rings. The van der Waals surface area contributed by atoms with E-state index >= 15 is 0 Å². The number of hydrogen-bond acceptors (Lipinski definition) is 4. The molecule has 3 aromatic carbocycles. The van der Waals surface area contributed by atoms with Crippen LogP contribution in [0.25, 0.3) is 5.76 Å². The average Bonchev–Trinajstić information content (AvgIpc) is 2.74. The van der Waals surface area contributed by atoms with Crippen LogP contribution in [0.2, 0.25) is 0 Å². The molecule has 3 aromatic rings. The van der Waals surface area contributed by atoms with Crippen molar-refractivity contribution in [1.82, 2.24) is 0 Å². The summed E-state index contributed by atoms with van der Waals surface area (Å²) in [5.41, 5.74) is 3.49. The highest BCUT2D eigenvalue weighted by Crippen LogP contribution is 2.24. The molecule has 0 aliphatic carbocycles. The van der Waals surface area contributed by atoms with Crippen LogP contribution in [-0.2, 0) is 22.7 Å². The molecular weight excluding hydrogens is 366 g/mol. The molecule has 3 rings (SSSR count). The lowest BCUT2D eigenvalue weighted by atomic mass is 10.1. The Bertz CT molecular complexity index is 972. The van der Waals surface area contributed by atoms with Crippen LogP contribution >= 0.6 is 0 Å². The number of hydrogen-bond donors (Lipinski definition) is 2. The smallest absolute Gasteiger partial charge is 0.376 e. The Morgan fingerprint density at radius 3 is 1.83 bits per heavy atom. The first-order valence-corrected chi connectivity index (χ1v) is 9.14. The molecule has 0 aromatic heterocycles. The number of ketones is 1. The van der Waals surface area contributed by atoms with E-state index in [1.807, 2.05) is 66.7 Å². The molecule has 0 bridgehead atoms. The van der Waals surface area contributed by atoms with E-state index in [4.69, 9.17) is 5.11 Å². The first kappa shape index (κ1) is 19.9. The summed E-state index contributed by atoms with van der Waals surface area (Å²) in [7, 11) is 0. The Morgan fingerprint density at radius 1 is 0.759 bits per heavy atom. The fourth-order valence-electron chi connectivity index (χ4n) is 2.98. The number of carbonyl (C=O) groups is 2. The lowest BCUT2D eigenvalue weighted by Crippen LogP contribution is -2.22. The first-order valence-electron chi connectivity index (χ1n) is 9.14. The van der Waals surface area contributed by atoms with Crippen LogP contribution in [0.3, 0.4) is 0 Å². The summed E-state index contributed by atoms with van der Waals surface area (Å²) < 4.78 is 0. The van der Waals surface area contributed by atoms with Crippen LogP contribution in [0.5, 0.6) is 0 Å². The fraction of sp³-hybridized carbons (Fsp3) is 0.0833. The lowest BCUT2D eigenvalue weighted by molar-refractivity contribution is -0.146. The maximum absolute atomic E-state index is 11.4. The molecule has 0 saturated carbocycles. The molecule has 146 valence electrons. The van der Waals surface area contributed by atoms with Gasteiger partial charge >= 0.3 is 5.97 Å². The number of aliphatic hydroxyl groups excluding tert-OH is 1. The minimum atomic E-state index is -1.61. The second-order valence-electron chi connectivity index (χ2n) is 6.58. The van der Waals surface area contributed by atoms with Gasteiger partial charge in [0, 0.05) is 30.4 Å². The monoisotopic (exact) mass is 387 g/mol. The molecular formula is C24H21NO4. The van der Waals surface area contributed by atoms with Crippen molar-refractivity contribution in [2.24, 2.45) is 0 Å². The minimum absolute atomic E-state index is 0.376. The minimum Gasteiger partial charge on any atom is -0.507 e. The lowest BCUT2D eigenvalue weighted by Gasteiger charge is -2.26. The molecule has 29 heavy (non-hydrogen) atoms. The van der Waals surface area contributed by atoms with Crippen LogP contribution < -0.4 is 4.90 Å². The number of carboxylic acids is 1. The van der Waals surface area contributed by atoms with E-state index in [-0.39, 0.29) is 5.76 Å². The normalized spacial score (nSPS) is 11.1. The van der Waals surface area contributed by atoms with Gasteiger partial charge in [-0.25, -0.2) is 4.79 Å². The predicted octanol–water partition coefficient (Wildman–Crippen LogP) is 4.45. The van der Waals surface area contributed by atoms with E-state index in [2.05, 4.69) is 4.90 Å². The van der Waals surface area contributed by atoms with Crippen molar-refractivity contribution in [3.8, 4) is 0 Å². The summed E-state index contributed by atoms with van der Waals surface area (Å²) in [5, 5.41) is 18.9. The third kappa shape index (κ3) is 5.56. The highest BCUT2D eigenvalue weighted by atomic mass is 16.4. The Balaban J connectivity index is 1.92. The molecule has 5 heteroatoms. The summed E-state index contributed by atoms with van der Waals surface area (Å²) in [5.74, 6) is -3.15. The Morgan fingerprint density at radius 2 is 1.31 bits per heavy atom. The van der Waals surface area contributed by atoms with Gasteiger partial charge < -0.3 is 15.1 Å². The van der Waals surface area contributed by atoms with Crippen LogP contribution in [0.1, 0.15) is 16.7 Å². The van der Waals surface area contributed by atoms with E-state index in [9.17, 15) is 14.7 Å². The topological polar surface area (TPSA) is 77.8 Å². The van der Waals surface area contributed by atoms with E-state index in [0.717, 1.165) is 22.9 Å². The Labute approximate surface area is 169 Å². The summed E-state index contributed by atoms with van der Waals surface area (Å²) in [4.78, 5) is 24.3. The highest BCUT2D eigenvalue weighted by molar-refractivity contribution is 6.38. The van der Waals surface area contributed by atoms with Crippen LogP contribution in [0.15, 0.2) is 91.0 Å². The summed E-state index contributed by atoms with van der Waals surface area (Å²) >= 11 is 0. The third-order valence-corrected chi connectivity index (χ3v) is 4.42. The predicted molar refractivity (Wildman–Crippen MR) is 112 cm³/mol. The van der Waals surface area contributed by atoms with E-state index in [0.29, 0.717) is 18.7 Å². The number of carbonyl (C=O) groups excluding carboxylic acids is 1. The fourth-order valence-corrected chi connectivity index (χ4v) is 2.98. The van der Waals surface area contributed by atoms with Crippen molar-refractivity contribution in [2.45, 2.75) is 13.1 Å². The average molecular weight is 387 g/mol. The van der Waals surface area contributed by atoms with Gasteiger partial charge in [0.05, 0.1) is 0 Å². The zero-order valence-corrected chi connectivity index (χ0v) is 15.7. The van der Waals surface area contributed by atoms with Gasteiger partial charge in [-0.15, -0.1) is 0 Å². The molecule has 0 aliphatic heterocycles. The zero-order valence-electron chi connectivity index (χ0n) is 15.7. The largest absolute Gasteiger partial charge is 0.507 e. The Kier molecular flexibility index (Phi) is 6.43. The van der Waals surface area contributed by atoms with Gasteiger partial charge in [0.1, 0.15) is 5.76 Å². The standard InChI is InChI=1S/C24H21NO4/c26-22(15-23(27)24(28)29)20-12-7-13-21(14-20)25(16-18-8-3-1-4-9-18)17-19-10-5-2-6-11-19/h1-15,26H,16-17H2,(H,28,29). The van der Waals surface area contributed by atoms with E-state index in [1.54, 1.807) is 18.2 Å².